The van der Waals surface area contributed by atoms with Gasteiger partial charge in [0.05, 0.1) is 24.7 Å². The number of esters is 1. The number of benzene rings is 3. The van der Waals surface area contributed by atoms with Crippen LogP contribution in [0.5, 0.6) is 5.75 Å². The summed E-state index contributed by atoms with van der Waals surface area (Å²) in [5.74, 6) is -0.518. The topological polar surface area (TPSA) is 93.7 Å². The second kappa shape index (κ2) is 12.7. The number of ether oxygens (including phenoxy) is 2. The van der Waals surface area contributed by atoms with Crippen LogP contribution in [0, 0.1) is 0 Å². The fourth-order valence-corrected chi connectivity index (χ4v) is 3.75. The number of amides is 2. The average molecular weight is 509 g/mol. The summed E-state index contributed by atoms with van der Waals surface area (Å²) in [6, 6.07) is 20.5. The number of carbonyl (C=O) groups is 3. The van der Waals surface area contributed by atoms with Crippen molar-refractivity contribution in [1.29, 1.82) is 0 Å². The number of hydrogen-bond acceptors (Lipinski definition) is 5. The summed E-state index contributed by atoms with van der Waals surface area (Å²) >= 11 is 6.27. The Morgan fingerprint density at radius 3 is 2.19 bits per heavy atom. The number of hydrogen-bond donors (Lipinski definition) is 2. The van der Waals surface area contributed by atoms with Crippen molar-refractivity contribution >= 4 is 35.1 Å². The number of rotatable bonds is 10. The van der Waals surface area contributed by atoms with Gasteiger partial charge in [0.1, 0.15) is 5.75 Å². The molecule has 188 valence electrons. The first-order chi connectivity index (χ1) is 17.2. The summed E-state index contributed by atoms with van der Waals surface area (Å²) in [6.07, 6.45) is 0.331. The molecule has 0 aliphatic carbocycles. The minimum atomic E-state index is -0.514. The molecule has 0 fully saturated rings. The van der Waals surface area contributed by atoms with Crippen LogP contribution in [0.1, 0.15) is 46.5 Å². The highest BCUT2D eigenvalue weighted by molar-refractivity contribution is 6.32. The molecular formula is C28H29ClN2O5. The van der Waals surface area contributed by atoms with Gasteiger partial charge in [-0.2, -0.15) is 0 Å². The lowest BCUT2D eigenvalue weighted by Gasteiger charge is -2.19. The molecule has 3 aromatic rings. The third kappa shape index (κ3) is 7.85. The zero-order chi connectivity index (χ0) is 26.1. The molecule has 3 aromatic carbocycles. The molecule has 0 unspecified atom stereocenters. The Morgan fingerprint density at radius 2 is 1.58 bits per heavy atom. The Balaban J connectivity index is 1.67. The van der Waals surface area contributed by atoms with Crippen molar-refractivity contribution in [2.45, 2.75) is 38.8 Å². The first-order valence-corrected chi connectivity index (χ1v) is 11.9. The van der Waals surface area contributed by atoms with E-state index in [2.05, 4.69) is 10.6 Å². The summed E-state index contributed by atoms with van der Waals surface area (Å²) in [6.45, 7) is 3.77. The van der Waals surface area contributed by atoms with Crippen molar-refractivity contribution in [3.05, 3.63) is 94.5 Å². The maximum Gasteiger partial charge on any atom is 0.307 e. The SMILES string of the molecule is COC(=O)C[C@H](Cc1ccc(NC(=O)c2ccccc2)cc1)NC(=O)c1ccc(OC(C)C)c(Cl)c1. The van der Waals surface area contributed by atoms with E-state index in [-0.39, 0.29) is 24.3 Å². The van der Waals surface area contributed by atoms with Crippen LogP contribution >= 0.6 is 11.6 Å². The van der Waals surface area contributed by atoms with Crippen LogP contribution in [0.4, 0.5) is 5.69 Å². The van der Waals surface area contributed by atoms with Crippen LogP contribution in [-0.4, -0.2) is 37.0 Å². The summed E-state index contributed by atoms with van der Waals surface area (Å²) in [4.78, 5) is 37.2. The number of anilines is 1. The van der Waals surface area contributed by atoms with Gasteiger partial charge in [-0.15, -0.1) is 0 Å². The van der Waals surface area contributed by atoms with Crippen LogP contribution in [0.25, 0.3) is 0 Å². The number of methoxy groups -OCH3 is 1. The third-order valence-electron chi connectivity index (χ3n) is 5.26. The fraction of sp³-hybridized carbons (Fsp3) is 0.250. The molecule has 3 rings (SSSR count). The maximum atomic E-state index is 12.9. The highest BCUT2D eigenvalue weighted by Crippen LogP contribution is 2.26. The Bertz CT molecular complexity index is 1200. The molecule has 2 N–H and O–H groups in total. The van der Waals surface area contributed by atoms with Gasteiger partial charge in [-0.25, -0.2) is 0 Å². The Morgan fingerprint density at radius 1 is 0.889 bits per heavy atom. The van der Waals surface area contributed by atoms with Gasteiger partial charge in [-0.05, 0) is 68.3 Å². The second-order valence-electron chi connectivity index (χ2n) is 8.48. The molecule has 0 aromatic heterocycles. The first kappa shape index (κ1) is 26.8. The predicted molar refractivity (Wildman–Crippen MR) is 140 cm³/mol. The molecule has 0 bridgehead atoms. The van der Waals surface area contributed by atoms with Gasteiger partial charge in [0.25, 0.3) is 11.8 Å². The summed E-state index contributed by atoms with van der Waals surface area (Å²) < 4.78 is 10.4. The molecule has 0 saturated carbocycles. The van der Waals surface area contributed by atoms with Gasteiger partial charge in [-0.1, -0.05) is 41.9 Å². The minimum Gasteiger partial charge on any atom is -0.489 e. The molecule has 0 aliphatic heterocycles. The van der Waals surface area contributed by atoms with Crippen molar-refractivity contribution in [3.63, 3.8) is 0 Å². The fourth-order valence-electron chi connectivity index (χ4n) is 3.52. The molecule has 0 aliphatic rings. The lowest BCUT2D eigenvalue weighted by Crippen LogP contribution is -2.38. The summed E-state index contributed by atoms with van der Waals surface area (Å²) in [5.41, 5.74) is 2.43. The quantitative estimate of drug-likeness (QED) is 0.363. The smallest absolute Gasteiger partial charge is 0.307 e. The Hall–Kier alpha value is -3.84. The van der Waals surface area contributed by atoms with Crippen LogP contribution < -0.4 is 15.4 Å². The lowest BCUT2D eigenvalue weighted by molar-refractivity contribution is -0.141. The molecule has 8 heteroatoms. The van der Waals surface area contributed by atoms with Crippen LogP contribution in [0.2, 0.25) is 5.02 Å². The Labute approximate surface area is 215 Å². The Kier molecular flexibility index (Phi) is 9.47. The number of halogens is 1. The third-order valence-corrected chi connectivity index (χ3v) is 5.56. The molecule has 2 amide bonds. The molecule has 0 radical (unpaired) electrons. The summed E-state index contributed by atoms with van der Waals surface area (Å²) in [7, 11) is 1.30. The van der Waals surface area contributed by atoms with E-state index < -0.39 is 12.0 Å². The van der Waals surface area contributed by atoms with Crippen molar-refractivity contribution in [2.24, 2.45) is 0 Å². The van der Waals surface area contributed by atoms with E-state index in [1.807, 2.05) is 32.0 Å². The van der Waals surface area contributed by atoms with E-state index in [0.717, 1.165) is 5.56 Å². The zero-order valence-corrected chi connectivity index (χ0v) is 21.2. The van der Waals surface area contributed by atoms with Crippen molar-refractivity contribution in [1.82, 2.24) is 5.32 Å². The lowest BCUT2D eigenvalue weighted by atomic mass is 10.0. The van der Waals surface area contributed by atoms with Crippen molar-refractivity contribution in [3.8, 4) is 5.75 Å². The van der Waals surface area contributed by atoms with Gasteiger partial charge in [-0.3, -0.25) is 14.4 Å². The van der Waals surface area contributed by atoms with Crippen LogP contribution in [0.3, 0.4) is 0 Å². The average Bonchev–Trinajstić information content (AvgIpc) is 2.86. The molecule has 0 spiro atoms. The van der Waals surface area contributed by atoms with Gasteiger partial charge in [0, 0.05) is 22.9 Å². The molecular weight excluding hydrogens is 480 g/mol. The van der Waals surface area contributed by atoms with Gasteiger partial charge >= 0.3 is 5.97 Å². The molecule has 7 nitrogen and oxygen atoms in total. The normalized spacial score (nSPS) is 11.5. The van der Waals surface area contributed by atoms with Crippen molar-refractivity contribution in [2.75, 3.05) is 12.4 Å². The van der Waals surface area contributed by atoms with Gasteiger partial charge < -0.3 is 20.1 Å². The van der Waals surface area contributed by atoms with Crippen molar-refractivity contribution < 1.29 is 23.9 Å². The van der Waals surface area contributed by atoms with E-state index in [1.165, 1.54) is 13.2 Å². The minimum absolute atomic E-state index is 0.00297. The van der Waals surface area contributed by atoms with E-state index in [4.69, 9.17) is 21.1 Å². The number of nitrogens with one attached hydrogen (secondary N) is 2. The van der Waals surface area contributed by atoms with E-state index in [9.17, 15) is 14.4 Å². The van der Waals surface area contributed by atoms with Gasteiger partial charge in [0.15, 0.2) is 0 Å². The van der Waals surface area contributed by atoms with E-state index >= 15 is 0 Å². The largest absolute Gasteiger partial charge is 0.489 e. The zero-order valence-electron chi connectivity index (χ0n) is 20.4. The second-order valence-corrected chi connectivity index (χ2v) is 8.89. The molecule has 0 heterocycles. The molecule has 36 heavy (non-hydrogen) atoms. The number of carbonyl (C=O) groups excluding carboxylic acids is 3. The molecule has 1 atom stereocenters. The predicted octanol–water partition coefficient (Wildman–Crippen LogP) is 5.28. The van der Waals surface area contributed by atoms with E-state index in [0.29, 0.717) is 34.0 Å². The maximum absolute atomic E-state index is 12.9. The highest BCUT2D eigenvalue weighted by atomic mass is 35.5. The first-order valence-electron chi connectivity index (χ1n) is 11.5. The summed E-state index contributed by atoms with van der Waals surface area (Å²) in [5, 5.41) is 6.07. The highest BCUT2D eigenvalue weighted by Gasteiger charge is 2.20. The van der Waals surface area contributed by atoms with Gasteiger partial charge in [0.2, 0.25) is 0 Å². The van der Waals surface area contributed by atoms with Crippen LogP contribution in [-0.2, 0) is 16.0 Å². The monoisotopic (exact) mass is 508 g/mol. The molecule has 0 saturated heterocycles. The van der Waals surface area contributed by atoms with E-state index in [1.54, 1.807) is 48.5 Å². The standard InChI is InChI=1S/C28H29ClN2O5/c1-18(2)36-25-14-11-21(16-24(25)29)28(34)31-23(17-26(32)35-3)15-19-9-12-22(13-10-19)30-27(33)20-7-5-4-6-8-20/h4-14,16,18,23H,15,17H2,1-3H3,(H,30,33)(H,31,34)/t23-/m0/s1. The van der Waals surface area contributed by atoms with Crippen LogP contribution in [0.15, 0.2) is 72.8 Å².